The van der Waals surface area contributed by atoms with Crippen molar-refractivity contribution in [1.82, 2.24) is 9.97 Å². The zero-order valence-corrected chi connectivity index (χ0v) is 7.77. The zero-order valence-electron chi connectivity index (χ0n) is 7.77. The first-order valence-corrected chi connectivity index (χ1v) is 4.74. The van der Waals surface area contributed by atoms with Crippen LogP contribution in [0.15, 0.2) is 12.4 Å². The zero-order chi connectivity index (χ0) is 9.26. The van der Waals surface area contributed by atoms with Gasteiger partial charge < -0.3 is 5.11 Å². The number of rotatable bonds is 2. The maximum atomic E-state index is 9.81. The molecule has 0 aromatic carbocycles. The number of aromatic nitrogens is 2. The number of nitrogens with zero attached hydrogens (tertiary/aromatic N) is 2. The van der Waals surface area contributed by atoms with Crippen LogP contribution in [0.1, 0.15) is 36.8 Å². The molecular formula is C10H14N2O. The summed E-state index contributed by atoms with van der Waals surface area (Å²) in [4.78, 5) is 8.24. The second-order valence-electron chi connectivity index (χ2n) is 3.75. The van der Waals surface area contributed by atoms with Crippen LogP contribution in [0, 0.1) is 12.8 Å². The molecule has 1 atom stereocenters. The fourth-order valence-corrected chi connectivity index (χ4v) is 1.52. The van der Waals surface area contributed by atoms with Gasteiger partial charge in [0.1, 0.15) is 6.10 Å². The Morgan fingerprint density at radius 3 is 2.46 bits per heavy atom. The van der Waals surface area contributed by atoms with Gasteiger partial charge in [-0.05, 0) is 31.2 Å². The maximum Gasteiger partial charge on any atom is 0.157 e. The Labute approximate surface area is 77.8 Å². The molecule has 0 spiro atoms. The van der Waals surface area contributed by atoms with Gasteiger partial charge in [-0.1, -0.05) is 6.42 Å². The minimum atomic E-state index is -0.450. The summed E-state index contributed by atoms with van der Waals surface area (Å²) in [6, 6.07) is 0. The Kier molecular flexibility index (Phi) is 2.27. The van der Waals surface area contributed by atoms with E-state index in [0.29, 0.717) is 11.7 Å². The van der Waals surface area contributed by atoms with Gasteiger partial charge in [0, 0.05) is 12.4 Å². The molecule has 3 nitrogen and oxygen atoms in total. The van der Waals surface area contributed by atoms with Crippen LogP contribution in [0.4, 0.5) is 0 Å². The second-order valence-corrected chi connectivity index (χ2v) is 3.75. The minimum absolute atomic E-state index is 0.391. The van der Waals surface area contributed by atoms with Crippen LogP contribution in [0.25, 0.3) is 0 Å². The van der Waals surface area contributed by atoms with E-state index >= 15 is 0 Å². The molecule has 0 amide bonds. The number of aliphatic hydroxyl groups excluding tert-OH is 1. The number of hydrogen-bond acceptors (Lipinski definition) is 3. The van der Waals surface area contributed by atoms with E-state index < -0.39 is 6.10 Å². The molecule has 1 saturated carbocycles. The van der Waals surface area contributed by atoms with E-state index in [0.717, 1.165) is 18.4 Å². The normalized spacial score (nSPS) is 19.5. The van der Waals surface area contributed by atoms with Crippen molar-refractivity contribution in [3.63, 3.8) is 0 Å². The van der Waals surface area contributed by atoms with Gasteiger partial charge in [0.05, 0.1) is 0 Å². The second kappa shape index (κ2) is 3.42. The molecular weight excluding hydrogens is 164 g/mol. The van der Waals surface area contributed by atoms with Gasteiger partial charge in [0.15, 0.2) is 5.82 Å². The lowest BCUT2D eigenvalue weighted by atomic mass is 9.81. The molecule has 2 rings (SSSR count). The molecule has 0 aliphatic heterocycles. The van der Waals surface area contributed by atoms with Gasteiger partial charge in [-0.25, -0.2) is 9.97 Å². The fourth-order valence-electron chi connectivity index (χ4n) is 1.52. The fraction of sp³-hybridized carbons (Fsp3) is 0.600. The van der Waals surface area contributed by atoms with E-state index in [1.54, 1.807) is 12.4 Å². The summed E-state index contributed by atoms with van der Waals surface area (Å²) in [6.07, 6.45) is 6.51. The predicted octanol–water partition coefficient (Wildman–Crippen LogP) is 1.62. The molecule has 1 heterocycles. The van der Waals surface area contributed by atoms with Gasteiger partial charge in [0.25, 0.3) is 0 Å². The van der Waals surface area contributed by atoms with E-state index in [-0.39, 0.29) is 0 Å². The Morgan fingerprint density at radius 2 is 2.00 bits per heavy atom. The van der Waals surface area contributed by atoms with Crippen LogP contribution < -0.4 is 0 Å². The molecule has 1 aromatic heterocycles. The third kappa shape index (κ3) is 1.70. The predicted molar refractivity (Wildman–Crippen MR) is 49.1 cm³/mol. The van der Waals surface area contributed by atoms with Gasteiger partial charge in [-0.15, -0.1) is 0 Å². The number of hydrogen-bond donors (Lipinski definition) is 1. The average molecular weight is 178 g/mol. The summed E-state index contributed by atoms with van der Waals surface area (Å²) in [5.74, 6) is 0.970. The summed E-state index contributed by atoms with van der Waals surface area (Å²) in [6.45, 7) is 1.94. The van der Waals surface area contributed by atoms with E-state index in [1.165, 1.54) is 6.42 Å². The molecule has 0 radical (unpaired) electrons. The number of aliphatic hydroxyl groups is 1. The van der Waals surface area contributed by atoms with Crippen molar-refractivity contribution >= 4 is 0 Å². The molecule has 13 heavy (non-hydrogen) atoms. The standard InChI is InChI=1S/C10H14N2O/c1-7-5-11-10(12-6-7)9(13)8-3-2-4-8/h5-6,8-9,13H,2-4H2,1H3. The van der Waals surface area contributed by atoms with Gasteiger partial charge in [-0.3, -0.25) is 0 Å². The Morgan fingerprint density at radius 1 is 1.38 bits per heavy atom. The molecule has 1 N–H and O–H groups in total. The minimum Gasteiger partial charge on any atom is -0.385 e. The first-order valence-electron chi connectivity index (χ1n) is 4.74. The monoisotopic (exact) mass is 178 g/mol. The van der Waals surface area contributed by atoms with E-state index in [1.807, 2.05) is 6.92 Å². The van der Waals surface area contributed by atoms with Crippen molar-refractivity contribution in [2.45, 2.75) is 32.3 Å². The van der Waals surface area contributed by atoms with Crippen LogP contribution in [0.2, 0.25) is 0 Å². The highest BCUT2D eigenvalue weighted by molar-refractivity contribution is 5.04. The maximum absolute atomic E-state index is 9.81. The highest BCUT2D eigenvalue weighted by atomic mass is 16.3. The van der Waals surface area contributed by atoms with Crippen molar-refractivity contribution in [1.29, 1.82) is 0 Å². The SMILES string of the molecule is Cc1cnc(C(O)C2CCC2)nc1. The van der Waals surface area contributed by atoms with Gasteiger partial charge in [-0.2, -0.15) is 0 Å². The highest BCUT2D eigenvalue weighted by Gasteiger charge is 2.28. The average Bonchev–Trinajstić information content (AvgIpc) is 2.02. The molecule has 70 valence electrons. The Hall–Kier alpha value is -0.960. The van der Waals surface area contributed by atoms with Gasteiger partial charge >= 0.3 is 0 Å². The molecule has 0 bridgehead atoms. The lowest BCUT2D eigenvalue weighted by Gasteiger charge is -2.29. The van der Waals surface area contributed by atoms with E-state index in [2.05, 4.69) is 9.97 Å². The lowest BCUT2D eigenvalue weighted by molar-refractivity contribution is 0.0549. The van der Waals surface area contributed by atoms with Crippen LogP contribution >= 0.6 is 0 Å². The van der Waals surface area contributed by atoms with Crippen molar-refractivity contribution in [2.24, 2.45) is 5.92 Å². The summed E-state index contributed by atoms with van der Waals surface area (Å²) in [7, 11) is 0. The number of aryl methyl sites for hydroxylation is 1. The van der Waals surface area contributed by atoms with Crippen molar-refractivity contribution in [3.05, 3.63) is 23.8 Å². The van der Waals surface area contributed by atoms with Gasteiger partial charge in [0.2, 0.25) is 0 Å². The highest BCUT2D eigenvalue weighted by Crippen LogP contribution is 2.36. The molecule has 3 heteroatoms. The molecule has 1 unspecified atom stereocenters. The Balaban J connectivity index is 2.10. The molecule has 1 fully saturated rings. The van der Waals surface area contributed by atoms with Crippen LogP contribution in [0.5, 0.6) is 0 Å². The summed E-state index contributed by atoms with van der Waals surface area (Å²) < 4.78 is 0. The topological polar surface area (TPSA) is 46.0 Å². The summed E-state index contributed by atoms with van der Waals surface area (Å²) >= 11 is 0. The molecule has 1 aromatic rings. The third-order valence-electron chi connectivity index (χ3n) is 2.66. The molecule has 1 aliphatic rings. The van der Waals surface area contributed by atoms with Crippen molar-refractivity contribution < 1.29 is 5.11 Å². The van der Waals surface area contributed by atoms with E-state index in [4.69, 9.17) is 0 Å². The van der Waals surface area contributed by atoms with Crippen molar-refractivity contribution in [3.8, 4) is 0 Å². The lowest BCUT2D eigenvalue weighted by Crippen LogP contribution is -2.21. The third-order valence-corrected chi connectivity index (χ3v) is 2.66. The first-order chi connectivity index (χ1) is 6.27. The molecule has 1 aliphatic carbocycles. The van der Waals surface area contributed by atoms with Crippen LogP contribution in [-0.4, -0.2) is 15.1 Å². The largest absolute Gasteiger partial charge is 0.385 e. The van der Waals surface area contributed by atoms with E-state index in [9.17, 15) is 5.11 Å². The summed E-state index contributed by atoms with van der Waals surface area (Å²) in [5, 5.41) is 9.81. The Bertz CT molecular complexity index is 279. The first kappa shape index (κ1) is 8.63. The van der Waals surface area contributed by atoms with Crippen LogP contribution in [-0.2, 0) is 0 Å². The quantitative estimate of drug-likeness (QED) is 0.748. The summed E-state index contributed by atoms with van der Waals surface area (Å²) in [5.41, 5.74) is 1.03. The van der Waals surface area contributed by atoms with Crippen LogP contribution in [0.3, 0.4) is 0 Å². The molecule has 0 saturated heterocycles. The smallest absolute Gasteiger partial charge is 0.157 e. The van der Waals surface area contributed by atoms with Crippen molar-refractivity contribution in [2.75, 3.05) is 0 Å².